The van der Waals surface area contributed by atoms with Crippen LogP contribution >= 0.6 is 0 Å². The molecule has 2 saturated carbocycles. The highest BCUT2D eigenvalue weighted by Crippen LogP contribution is 2.38. The van der Waals surface area contributed by atoms with E-state index in [2.05, 4.69) is 4.90 Å². The molecule has 2 heteroatoms. The van der Waals surface area contributed by atoms with Gasteiger partial charge < -0.3 is 5.73 Å². The number of nitrogens with zero attached hydrogens (tertiary/aromatic N) is 1. The van der Waals surface area contributed by atoms with Crippen LogP contribution in [0.15, 0.2) is 0 Å². The van der Waals surface area contributed by atoms with Gasteiger partial charge in [0.1, 0.15) is 0 Å². The van der Waals surface area contributed by atoms with Crippen LogP contribution < -0.4 is 5.73 Å². The van der Waals surface area contributed by atoms with Gasteiger partial charge in [-0.05, 0) is 37.5 Å². The molecule has 0 aromatic heterocycles. The van der Waals surface area contributed by atoms with Crippen molar-refractivity contribution in [3.63, 3.8) is 0 Å². The third kappa shape index (κ3) is 2.02. The van der Waals surface area contributed by atoms with Crippen molar-refractivity contribution < 1.29 is 0 Å². The second kappa shape index (κ2) is 4.66. The van der Waals surface area contributed by atoms with Crippen molar-refractivity contribution in [3.05, 3.63) is 0 Å². The molecule has 3 rings (SSSR count). The van der Waals surface area contributed by atoms with Gasteiger partial charge in [0.25, 0.3) is 0 Å². The Labute approximate surface area is 99.6 Å². The van der Waals surface area contributed by atoms with Crippen LogP contribution in [0.4, 0.5) is 0 Å². The first-order chi connectivity index (χ1) is 7.84. The summed E-state index contributed by atoms with van der Waals surface area (Å²) in [7, 11) is 0. The van der Waals surface area contributed by atoms with Gasteiger partial charge in [-0.2, -0.15) is 0 Å². The largest absolute Gasteiger partial charge is 0.327 e. The molecule has 0 amide bonds. The number of nitrogens with two attached hydrogens (primary N) is 1. The van der Waals surface area contributed by atoms with E-state index < -0.39 is 0 Å². The Balaban J connectivity index is 1.62. The third-order valence-electron chi connectivity index (χ3n) is 5.27. The first-order valence-electron chi connectivity index (χ1n) is 7.34. The maximum absolute atomic E-state index is 6.29. The van der Waals surface area contributed by atoms with E-state index in [0.29, 0.717) is 6.04 Å². The number of rotatable bonds is 1. The van der Waals surface area contributed by atoms with E-state index in [1.54, 1.807) is 0 Å². The quantitative estimate of drug-likeness (QED) is 0.738. The summed E-state index contributed by atoms with van der Waals surface area (Å²) in [5.41, 5.74) is 6.29. The summed E-state index contributed by atoms with van der Waals surface area (Å²) in [5.74, 6) is 1.77. The first kappa shape index (κ1) is 11.0. The zero-order valence-corrected chi connectivity index (χ0v) is 10.4. The average Bonchev–Trinajstić information content (AvgIpc) is 2.76. The predicted octanol–water partition coefficient (Wildman–Crippen LogP) is 2.38. The predicted molar refractivity (Wildman–Crippen MR) is 67.3 cm³/mol. The second-order valence-corrected chi connectivity index (χ2v) is 6.26. The van der Waals surface area contributed by atoms with Gasteiger partial charge in [-0.15, -0.1) is 0 Å². The number of hydrogen-bond donors (Lipinski definition) is 1. The van der Waals surface area contributed by atoms with Crippen molar-refractivity contribution in [2.45, 2.75) is 63.5 Å². The van der Waals surface area contributed by atoms with Crippen molar-refractivity contribution in [3.8, 4) is 0 Å². The van der Waals surface area contributed by atoms with Crippen LogP contribution in [0, 0.1) is 11.8 Å². The zero-order chi connectivity index (χ0) is 11.0. The lowest BCUT2D eigenvalue weighted by molar-refractivity contribution is 0.181. The molecule has 2 aliphatic carbocycles. The highest BCUT2D eigenvalue weighted by molar-refractivity contribution is 4.95. The van der Waals surface area contributed by atoms with Crippen molar-refractivity contribution in [2.24, 2.45) is 17.6 Å². The summed E-state index contributed by atoms with van der Waals surface area (Å²) >= 11 is 0. The minimum Gasteiger partial charge on any atom is -0.327 e. The topological polar surface area (TPSA) is 29.3 Å². The molecule has 2 nitrogen and oxygen atoms in total. The van der Waals surface area contributed by atoms with Crippen molar-refractivity contribution in [1.82, 2.24) is 4.90 Å². The highest BCUT2D eigenvalue weighted by atomic mass is 15.2. The summed E-state index contributed by atoms with van der Waals surface area (Å²) in [6, 6.07) is 1.42. The first-order valence-corrected chi connectivity index (χ1v) is 7.34. The van der Waals surface area contributed by atoms with Gasteiger partial charge in [-0.3, -0.25) is 4.90 Å². The molecule has 92 valence electrons. The summed E-state index contributed by atoms with van der Waals surface area (Å²) < 4.78 is 0. The maximum atomic E-state index is 6.29. The van der Waals surface area contributed by atoms with Crippen LogP contribution in [0.5, 0.6) is 0 Å². The molecule has 1 saturated heterocycles. The lowest BCUT2D eigenvalue weighted by Gasteiger charge is -2.31. The van der Waals surface area contributed by atoms with Crippen molar-refractivity contribution in [2.75, 3.05) is 13.1 Å². The molecule has 1 heterocycles. The molecule has 0 radical (unpaired) electrons. The van der Waals surface area contributed by atoms with E-state index in [0.717, 1.165) is 17.9 Å². The van der Waals surface area contributed by atoms with Crippen LogP contribution in [0.25, 0.3) is 0 Å². The zero-order valence-electron chi connectivity index (χ0n) is 10.4. The Morgan fingerprint density at radius 1 is 0.812 bits per heavy atom. The molecule has 0 aromatic rings. The normalized spacial score (nSPS) is 42.2. The average molecular weight is 222 g/mol. The van der Waals surface area contributed by atoms with E-state index in [9.17, 15) is 0 Å². The van der Waals surface area contributed by atoms with Crippen LogP contribution in [0.2, 0.25) is 0 Å². The minimum atomic E-state index is 0.507. The van der Waals surface area contributed by atoms with E-state index >= 15 is 0 Å². The minimum absolute atomic E-state index is 0.507. The highest BCUT2D eigenvalue weighted by Gasteiger charge is 2.40. The molecule has 2 N–H and O–H groups in total. The summed E-state index contributed by atoms with van der Waals surface area (Å²) in [6.45, 7) is 2.68. The van der Waals surface area contributed by atoms with E-state index in [4.69, 9.17) is 5.73 Å². The van der Waals surface area contributed by atoms with Crippen molar-refractivity contribution >= 4 is 0 Å². The Bertz CT molecular complexity index is 235. The monoisotopic (exact) mass is 222 g/mol. The van der Waals surface area contributed by atoms with Gasteiger partial charge in [0, 0.05) is 25.2 Å². The Hall–Kier alpha value is -0.0800. The van der Waals surface area contributed by atoms with Crippen LogP contribution in [0.3, 0.4) is 0 Å². The van der Waals surface area contributed by atoms with Gasteiger partial charge >= 0.3 is 0 Å². The Morgan fingerprint density at radius 2 is 1.62 bits per heavy atom. The van der Waals surface area contributed by atoms with E-state index in [1.165, 1.54) is 64.5 Å². The maximum Gasteiger partial charge on any atom is 0.00955 e. The van der Waals surface area contributed by atoms with Crippen LogP contribution in [-0.4, -0.2) is 30.1 Å². The molecule has 0 bridgehead atoms. The van der Waals surface area contributed by atoms with Crippen LogP contribution in [-0.2, 0) is 0 Å². The van der Waals surface area contributed by atoms with Crippen molar-refractivity contribution in [1.29, 1.82) is 0 Å². The summed E-state index contributed by atoms with van der Waals surface area (Å²) in [6.07, 6.45) is 11.4. The Morgan fingerprint density at radius 3 is 2.38 bits per heavy atom. The fraction of sp³-hybridized carbons (Fsp3) is 1.00. The molecule has 3 fully saturated rings. The molecule has 16 heavy (non-hydrogen) atoms. The van der Waals surface area contributed by atoms with E-state index in [1.807, 2.05) is 0 Å². The van der Waals surface area contributed by atoms with E-state index in [-0.39, 0.29) is 0 Å². The summed E-state index contributed by atoms with van der Waals surface area (Å²) in [4.78, 5) is 2.79. The number of hydrogen-bond acceptors (Lipinski definition) is 2. The second-order valence-electron chi connectivity index (χ2n) is 6.26. The molecule has 0 spiro atoms. The summed E-state index contributed by atoms with van der Waals surface area (Å²) in [5, 5.41) is 0. The molecule has 3 atom stereocenters. The molecule has 3 unspecified atom stereocenters. The van der Waals surface area contributed by atoms with Gasteiger partial charge in [-0.1, -0.05) is 25.7 Å². The molecular weight excluding hydrogens is 196 g/mol. The molecule has 3 aliphatic rings. The lowest BCUT2D eigenvalue weighted by Crippen LogP contribution is -2.39. The van der Waals surface area contributed by atoms with Gasteiger partial charge in [-0.25, -0.2) is 0 Å². The van der Waals surface area contributed by atoms with Gasteiger partial charge in [0.15, 0.2) is 0 Å². The Kier molecular flexibility index (Phi) is 3.21. The number of likely N-dealkylation sites (tertiary alicyclic amines) is 1. The standard InChI is InChI=1S/C14H26N2/c15-14-8-4-5-11-9-16(10-13(11)14)12-6-2-1-3-7-12/h11-14H,1-10,15H2. The fourth-order valence-corrected chi connectivity index (χ4v) is 4.30. The number of fused-ring (bicyclic) bond motifs is 1. The van der Waals surface area contributed by atoms with Gasteiger partial charge in [0.2, 0.25) is 0 Å². The smallest absolute Gasteiger partial charge is 0.00955 e. The SMILES string of the molecule is NC1CCCC2CN(C3CCCCC3)CC12. The molecular formula is C14H26N2. The fourth-order valence-electron chi connectivity index (χ4n) is 4.30. The molecule has 0 aromatic carbocycles. The lowest BCUT2D eigenvalue weighted by atomic mass is 9.78. The van der Waals surface area contributed by atoms with Gasteiger partial charge in [0.05, 0.1) is 0 Å². The van der Waals surface area contributed by atoms with Crippen LogP contribution in [0.1, 0.15) is 51.4 Å². The third-order valence-corrected chi connectivity index (χ3v) is 5.27. The molecule has 1 aliphatic heterocycles.